The lowest BCUT2D eigenvalue weighted by Gasteiger charge is -2.13. The first-order valence-corrected chi connectivity index (χ1v) is 7.03. The highest BCUT2D eigenvalue weighted by Crippen LogP contribution is 2.32. The van der Waals surface area contributed by atoms with Gasteiger partial charge in [0.1, 0.15) is 0 Å². The zero-order valence-electron chi connectivity index (χ0n) is 11.7. The molecular formula is C15H17NO5. The Morgan fingerprint density at radius 2 is 1.81 bits per heavy atom. The van der Waals surface area contributed by atoms with Gasteiger partial charge in [-0.25, -0.2) is 0 Å². The van der Waals surface area contributed by atoms with Crippen LogP contribution in [0.5, 0.6) is 11.5 Å². The van der Waals surface area contributed by atoms with Gasteiger partial charge < -0.3 is 14.2 Å². The Hall–Kier alpha value is -2.08. The summed E-state index contributed by atoms with van der Waals surface area (Å²) in [4.78, 5) is 24.1. The van der Waals surface area contributed by atoms with Crippen molar-refractivity contribution < 1.29 is 23.8 Å². The van der Waals surface area contributed by atoms with Crippen LogP contribution in [-0.2, 0) is 20.7 Å². The van der Waals surface area contributed by atoms with Crippen LogP contribution in [0.1, 0.15) is 18.4 Å². The predicted octanol–water partition coefficient (Wildman–Crippen LogP) is 1.12. The van der Waals surface area contributed by atoms with E-state index in [9.17, 15) is 9.59 Å². The number of imide groups is 1. The van der Waals surface area contributed by atoms with E-state index in [0.717, 1.165) is 23.5 Å². The van der Waals surface area contributed by atoms with Gasteiger partial charge in [-0.05, 0) is 24.1 Å². The molecule has 0 radical (unpaired) electrons. The molecule has 112 valence electrons. The Morgan fingerprint density at radius 3 is 2.62 bits per heavy atom. The summed E-state index contributed by atoms with van der Waals surface area (Å²) in [5.74, 6) is 1.34. The van der Waals surface area contributed by atoms with Crippen LogP contribution >= 0.6 is 0 Å². The SMILES string of the molecule is O=C1CCC(=O)N1CCOCCc1ccc2c(c1)OCO2. The van der Waals surface area contributed by atoms with E-state index in [-0.39, 0.29) is 18.6 Å². The van der Waals surface area contributed by atoms with Crippen molar-refractivity contribution >= 4 is 11.8 Å². The normalized spacial score (nSPS) is 16.9. The fraction of sp³-hybridized carbons (Fsp3) is 0.467. The third kappa shape index (κ3) is 3.16. The summed E-state index contributed by atoms with van der Waals surface area (Å²) >= 11 is 0. The summed E-state index contributed by atoms with van der Waals surface area (Å²) in [6.45, 7) is 1.53. The Bertz CT molecular complexity index is 541. The van der Waals surface area contributed by atoms with Crippen molar-refractivity contribution in [1.82, 2.24) is 4.90 Å². The average molecular weight is 291 g/mol. The maximum absolute atomic E-state index is 11.4. The zero-order valence-corrected chi connectivity index (χ0v) is 11.7. The van der Waals surface area contributed by atoms with E-state index >= 15 is 0 Å². The highest BCUT2D eigenvalue weighted by Gasteiger charge is 2.28. The number of ether oxygens (including phenoxy) is 3. The van der Waals surface area contributed by atoms with E-state index in [2.05, 4.69) is 0 Å². The van der Waals surface area contributed by atoms with Gasteiger partial charge in [-0.15, -0.1) is 0 Å². The Kier molecular flexibility index (Phi) is 4.06. The number of benzene rings is 1. The number of nitrogens with zero attached hydrogens (tertiary/aromatic N) is 1. The summed E-state index contributed by atoms with van der Waals surface area (Å²) in [5.41, 5.74) is 1.10. The van der Waals surface area contributed by atoms with Gasteiger partial charge in [0, 0.05) is 12.8 Å². The third-order valence-electron chi connectivity index (χ3n) is 3.59. The summed E-state index contributed by atoms with van der Waals surface area (Å²) in [6.07, 6.45) is 1.41. The molecule has 0 aromatic heterocycles. The van der Waals surface area contributed by atoms with Gasteiger partial charge in [-0.3, -0.25) is 14.5 Å². The molecule has 6 nitrogen and oxygen atoms in total. The molecule has 0 spiro atoms. The van der Waals surface area contributed by atoms with Crippen molar-refractivity contribution in [1.29, 1.82) is 0 Å². The van der Waals surface area contributed by atoms with Crippen molar-refractivity contribution in [3.63, 3.8) is 0 Å². The summed E-state index contributed by atoms with van der Waals surface area (Å²) in [6, 6.07) is 5.81. The van der Waals surface area contributed by atoms with E-state index in [1.54, 1.807) is 0 Å². The minimum Gasteiger partial charge on any atom is -0.454 e. The van der Waals surface area contributed by atoms with Crippen LogP contribution in [0.4, 0.5) is 0 Å². The fourth-order valence-electron chi connectivity index (χ4n) is 2.42. The van der Waals surface area contributed by atoms with Gasteiger partial charge in [0.05, 0.1) is 19.8 Å². The van der Waals surface area contributed by atoms with E-state index in [4.69, 9.17) is 14.2 Å². The summed E-state index contributed by atoms with van der Waals surface area (Å²) < 4.78 is 16.1. The van der Waals surface area contributed by atoms with Crippen LogP contribution in [0, 0.1) is 0 Å². The molecular weight excluding hydrogens is 274 g/mol. The molecule has 0 saturated carbocycles. The van der Waals surface area contributed by atoms with Crippen LogP contribution in [0.15, 0.2) is 18.2 Å². The molecule has 0 N–H and O–H groups in total. The van der Waals surface area contributed by atoms with E-state index < -0.39 is 0 Å². The highest BCUT2D eigenvalue weighted by molar-refractivity contribution is 6.01. The zero-order chi connectivity index (χ0) is 14.7. The molecule has 2 heterocycles. The van der Waals surface area contributed by atoms with Gasteiger partial charge in [-0.2, -0.15) is 0 Å². The number of hydrogen-bond donors (Lipinski definition) is 0. The monoisotopic (exact) mass is 291 g/mol. The van der Waals surface area contributed by atoms with Gasteiger partial charge >= 0.3 is 0 Å². The quantitative estimate of drug-likeness (QED) is 0.580. The van der Waals surface area contributed by atoms with Crippen LogP contribution in [0.25, 0.3) is 0 Å². The molecule has 2 aliphatic heterocycles. The second-order valence-electron chi connectivity index (χ2n) is 4.99. The highest BCUT2D eigenvalue weighted by atomic mass is 16.7. The number of amides is 2. The molecule has 1 fully saturated rings. The van der Waals surface area contributed by atoms with E-state index in [1.165, 1.54) is 4.90 Å². The maximum atomic E-state index is 11.4. The first-order chi connectivity index (χ1) is 10.2. The number of likely N-dealkylation sites (tertiary alicyclic amines) is 1. The Balaban J connectivity index is 1.38. The van der Waals surface area contributed by atoms with Crippen LogP contribution < -0.4 is 9.47 Å². The second kappa shape index (κ2) is 6.13. The van der Waals surface area contributed by atoms with Crippen LogP contribution in [0.3, 0.4) is 0 Å². The van der Waals surface area contributed by atoms with Gasteiger partial charge in [-0.1, -0.05) is 6.07 Å². The van der Waals surface area contributed by atoms with Crippen LogP contribution in [-0.4, -0.2) is 43.3 Å². The smallest absolute Gasteiger partial charge is 0.231 e. The van der Waals surface area contributed by atoms with Crippen molar-refractivity contribution in [2.24, 2.45) is 0 Å². The van der Waals surface area contributed by atoms with E-state index in [1.807, 2.05) is 18.2 Å². The molecule has 2 aliphatic rings. The van der Waals surface area contributed by atoms with Gasteiger partial charge in [0.2, 0.25) is 18.6 Å². The molecule has 3 rings (SSSR count). The Labute approximate surface area is 122 Å². The molecule has 1 aromatic carbocycles. The van der Waals surface area contributed by atoms with Crippen molar-refractivity contribution in [2.75, 3.05) is 26.6 Å². The lowest BCUT2D eigenvalue weighted by atomic mass is 10.1. The van der Waals surface area contributed by atoms with Crippen LogP contribution in [0.2, 0.25) is 0 Å². The molecule has 6 heteroatoms. The van der Waals surface area contributed by atoms with E-state index in [0.29, 0.717) is 32.6 Å². The molecule has 2 amide bonds. The number of fused-ring (bicyclic) bond motifs is 1. The lowest BCUT2D eigenvalue weighted by Crippen LogP contribution is -2.32. The number of rotatable bonds is 6. The molecule has 0 aliphatic carbocycles. The number of carbonyl (C=O) groups is 2. The van der Waals surface area contributed by atoms with Crippen molar-refractivity contribution in [3.05, 3.63) is 23.8 Å². The maximum Gasteiger partial charge on any atom is 0.231 e. The average Bonchev–Trinajstić information content (AvgIpc) is 3.07. The molecule has 0 unspecified atom stereocenters. The second-order valence-corrected chi connectivity index (χ2v) is 4.99. The molecule has 0 atom stereocenters. The molecule has 1 saturated heterocycles. The lowest BCUT2D eigenvalue weighted by molar-refractivity contribution is -0.139. The first-order valence-electron chi connectivity index (χ1n) is 7.03. The third-order valence-corrected chi connectivity index (χ3v) is 3.59. The number of hydrogen-bond acceptors (Lipinski definition) is 5. The standard InChI is InChI=1S/C15H17NO5/c17-14-3-4-15(18)16(14)6-8-19-7-5-11-1-2-12-13(9-11)21-10-20-12/h1-2,9H,3-8,10H2. The minimum absolute atomic E-state index is 0.0978. The number of carbonyl (C=O) groups excluding carboxylic acids is 2. The first kappa shape index (κ1) is 13.9. The molecule has 0 bridgehead atoms. The summed E-state index contributed by atoms with van der Waals surface area (Å²) in [7, 11) is 0. The largest absolute Gasteiger partial charge is 0.454 e. The van der Waals surface area contributed by atoms with Crippen molar-refractivity contribution in [3.8, 4) is 11.5 Å². The minimum atomic E-state index is -0.0978. The fourth-order valence-corrected chi connectivity index (χ4v) is 2.42. The Morgan fingerprint density at radius 1 is 1.05 bits per heavy atom. The topological polar surface area (TPSA) is 65.1 Å². The van der Waals surface area contributed by atoms with Gasteiger partial charge in [0.25, 0.3) is 0 Å². The molecule has 1 aromatic rings. The predicted molar refractivity (Wildman–Crippen MR) is 73.0 cm³/mol. The molecule has 21 heavy (non-hydrogen) atoms. The van der Waals surface area contributed by atoms with Gasteiger partial charge in [0.15, 0.2) is 11.5 Å². The summed E-state index contributed by atoms with van der Waals surface area (Å²) in [5, 5.41) is 0. The van der Waals surface area contributed by atoms with Crippen molar-refractivity contribution in [2.45, 2.75) is 19.3 Å².